The molecule has 0 unspecified atom stereocenters. The lowest BCUT2D eigenvalue weighted by molar-refractivity contribution is -0.132. The lowest BCUT2D eigenvalue weighted by Gasteiger charge is -2.33. The predicted molar refractivity (Wildman–Crippen MR) is 126 cm³/mol. The number of piperidine rings is 1. The Morgan fingerprint density at radius 1 is 1.21 bits per heavy atom. The maximum atomic E-state index is 13.0. The summed E-state index contributed by atoms with van der Waals surface area (Å²) in [6.07, 6.45) is 3.81. The largest absolute Gasteiger partial charge is 0.497 e. The predicted octanol–water partition coefficient (Wildman–Crippen LogP) is 2.96. The fourth-order valence-corrected chi connectivity index (χ4v) is 6.02. The van der Waals surface area contributed by atoms with Gasteiger partial charge in [-0.25, -0.2) is 0 Å². The fourth-order valence-electron chi connectivity index (χ4n) is 4.77. The summed E-state index contributed by atoms with van der Waals surface area (Å²) < 4.78 is 33.9. The number of nitrogens with zero attached hydrogens (tertiary/aromatic N) is 3. The number of ether oxygens (including phenoxy) is 1. The highest BCUT2D eigenvalue weighted by Crippen LogP contribution is 2.35. The Morgan fingerprint density at radius 3 is 2.73 bits per heavy atom. The number of amidine groups is 1. The zero-order chi connectivity index (χ0) is 23.2. The van der Waals surface area contributed by atoms with E-state index in [4.69, 9.17) is 4.74 Å². The van der Waals surface area contributed by atoms with Gasteiger partial charge in [0.2, 0.25) is 5.91 Å². The van der Waals surface area contributed by atoms with Gasteiger partial charge in [-0.1, -0.05) is 12.1 Å². The third-order valence-electron chi connectivity index (χ3n) is 6.55. The number of fused-ring (bicyclic) bond motifs is 2. The van der Waals surface area contributed by atoms with Crippen molar-refractivity contribution in [3.63, 3.8) is 0 Å². The van der Waals surface area contributed by atoms with Crippen LogP contribution in [-0.2, 0) is 14.8 Å². The van der Waals surface area contributed by atoms with Crippen LogP contribution in [0.15, 0.2) is 58.0 Å². The minimum Gasteiger partial charge on any atom is -0.497 e. The molecule has 0 saturated carbocycles. The lowest BCUT2D eigenvalue weighted by atomic mass is 9.89. The zero-order valence-electron chi connectivity index (χ0n) is 18.6. The van der Waals surface area contributed by atoms with Crippen LogP contribution in [0.3, 0.4) is 0 Å². The van der Waals surface area contributed by atoms with Crippen molar-refractivity contribution >= 4 is 32.7 Å². The molecule has 0 aliphatic carbocycles. The number of H-pyrrole nitrogens is 1. The summed E-state index contributed by atoms with van der Waals surface area (Å²) in [7, 11) is -0.331. The first-order valence-corrected chi connectivity index (χ1v) is 12.4. The topological polar surface area (TPSA) is 95.1 Å². The molecule has 3 heterocycles. The summed E-state index contributed by atoms with van der Waals surface area (Å²) in [4.78, 5) is 20.0. The second-order valence-electron chi connectivity index (χ2n) is 8.55. The molecule has 172 valence electrons. The van der Waals surface area contributed by atoms with E-state index >= 15 is 0 Å². The number of carbonyl (C=O) groups is 1. The number of rotatable bonds is 4. The molecular formula is C24H26N4O4S. The quantitative estimate of drug-likeness (QED) is 0.638. The first-order valence-electron chi connectivity index (χ1n) is 11.0. The number of likely N-dealkylation sites (tertiary alicyclic amines) is 1. The van der Waals surface area contributed by atoms with E-state index in [-0.39, 0.29) is 17.3 Å². The van der Waals surface area contributed by atoms with Crippen LogP contribution in [-0.4, -0.2) is 68.7 Å². The number of amides is 1. The highest BCUT2D eigenvalue weighted by molar-refractivity contribution is 7.90. The van der Waals surface area contributed by atoms with Gasteiger partial charge in [-0.05, 0) is 54.7 Å². The molecule has 2 aliphatic heterocycles. The van der Waals surface area contributed by atoms with Gasteiger partial charge >= 0.3 is 0 Å². The Kier molecular flexibility index (Phi) is 5.36. The monoisotopic (exact) mass is 466 g/mol. The van der Waals surface area contributed by atoms with Gasteiger partial charge in [-0.15, -0.1) is 4.40 Å². The van der Waals surface area contributed by atoms with Crippen molar-refractivity contribution in [2.45, 2.75) is 23.7 Å². The van der Waals surface area contributed by atoms with Crippen LogP contribution in [0.25, 0.3) is 10.9 Å². The number of methoxy groups -OCH3 is 1. The lowest BCUT2D eigenvalue weighted by Crippen LogP contribution is -2.44. The highest BCUT2D eigenvalue weighted by Gasteiger charge is 2.32. The number of aromatic nitrogens is 1. The minimum atomic E-state index is -3.71. The number of hydrogen-bond acceptors (Lipinski definition) is 5. The molecule has 1 aromatic heterocycles. The Morgan fingerprint density at radius 2 is 1.97 bits per heavy atom. The number of carbonyl (C=O) groups excluding carboxylic acids is 1. The molecule has 1 N–H and O–H groups in total. The van der Waals surface area contributed by atoms with Crippen molar-refractivity contribution < 1.29 is 17.9 Å². The molecule has 2 aliphatic rings. The van der Waals surface area contributed by atoms with Crippen LogP contribution in [0.5, 0.6) is 5.75 Å². The molecule has 9 heteroatoms. The third kappa shape index (κ3) is 3.86. The molecule has 33 heavy (non-hydrogen) atoms. The van der Waals surface area contributed by atoms with Crippen LogP contribution in [0.2, 0.25) is 0 Å². The SMILES string of the molecule is COc1ccc2[nH]cc(C3CCN(C(=O)CN(C)C4=NS(=O)(=O)c5ccccc54)CC3)c2c1. The molecule has 3 aromatic rings. The molecule has 2 aromatic carbocycles. The maximum Gasteiger partial charge on any atom is 0.285 e. The summed E-state index contributed by atoms with van der Waals surface area (Å²) in [6.45, 7) is 1.41. The summed E-state index contributed by atoms with van der Waals surface area (Å²) in [5, 5.41) is 1.16. The summed E-state index contributed by atoms with van der Waals surface area (Å²) >= 11 is 0. The van der Waals surface area contributed by atoms with E-state index in [0.717, 1.165) is 29.5 Å². The first-order chi connectivity index (χ1) is 15.9. The van der Waals surface area contributed by atoms with E-state index in [9.17, 15) is 13.2 Å². The molecular weight excluding hydrogens is 440 g/mol. The van der Waals surface area contributed by atoms with E-state index in [2.05, 4.69) is 21.6 Å². The Labute approximate surface area is 192 Å². The highest BCUT2D eigenvalue weighted by atomic mass is 32.2. The van der Waals surface area contributed by atoms with E-state index in [1.165, 1.54) is 5.56 Å². The van der Waals surface area contributed by atoms with Crippen molar-refractivity contribution in [2.24, 2.45) is 4.40 Å². The normalized spacial score (nSPS) is 17.6. The van der Waals surface area contributed by atoms with E-state index < -0.39 is 10.0 Å². The third-order valence-corrected chi connectivity index (χ3v) is 7.88. The van der Waals surface area contributed by atoms with Gasteiger partial charge in [-0.3, -0.25) is 4.79 Å². The second-order valence-corrected chi connectivity index (χ2v) is 10.1. The molecule has 0 radical (unpaired) electrons. The Balaban J connectivity index is 1.25. The van der Waals surface area contributed by atoms with Gasteiger partial charge in [0.25, 0.3) is 10.0 Å². The van der Waals surface area contributed by atoms with E-state index in [1.54, 1.807) is 43.3 Å². The van der Waals surface area contributed by atoms with Crippen LogP contribution in [0.4, 0.5) is 0 Å². The smallest absolute Gasteiger partial charge is 0.285 e. The van der Waals surface area contributed by atoms with Gasteiger partial charge in [-0.2, -0.15) is 8.42 Å². The second kappa shape index (κ2) is 8.22. The van der Waals surface area contributed by atoms with Crippen molar-refractivity contribution in [1.82, 2.24) is 14.8 Å². The summed E-state index contributed by atoms with van der Waals surface area (Å²) in [5.74, 6) is 1.49. The summed E-state index contributed by atoms with van der Waals surface area (Å²) in [6, 6.07) is 12.7. The zero-order valence-corrected chi connectivity index (χ0v) is 19.4. The van der Waals surface area contributed by atoms with Gasteiger partial charge in [0, 0.05) is 42.8 Å². The average Bonchev–Trinajstić information content (AvgIpc) is 3.37. The average molecular weight is 467 g/mol. The number of aromatic amines is 1. The van der Waals surface area contributed by atoms with Crippen molar-refractivity contribution in [3.8, 4) is 5.75 Å². The van der Waals surface area contributed by atoms with Crippen LogP contribution >= 0.6 is 0 Å². The van der Waals surface area contributed by atoms with Crippen molar-refractivity contribution in [3.05, 3.63) is 59.8 Å². The molecule has 1 amide bonds. The van der Waals surface area contributed by atoms with Crippen LogP contribution < -0.4 is 4.74 Å². The van der Waals surface area contributed by atoms with Gasteiger partial charge < -0.3 is 19.5 Å². The number of sulfonamides is 1. The minimum absolute atomic E-state index is 0.0268. The Hall–Kier alpha value is -3.33. The van der Waals surface area contributed by atoms with Gasteiger partial charge in [0.15, 0.2) is 5.84 Å². The standard InChI is InChI=1S/C24H26N4O4S/c1-27(24-18-5-3-4-6-22(18)33(30,31)26-24)15-23(29)28-11-9-16(10-12-28)20-14-25-21-8-7-17(32-2)13-19(20)21/h3-8,13-14,16,25H,9-12,15H2,1-2H3. The number of nitrogens with one attached hydrogen (secondary N) is 1. The molecule has 8 nitrogen and oxygen atoms in total. The fraction of sp³-hybridized carbons (Fsp3) is 0.333. The molecule has 1 fully saturated rings. The molecule has 0 bridgehead atoms. The first kappa shape index (κ1) is 21.5. The number of hydrogen-bond donors (Lipinski definition) is 1. The van der Waals surface area contributed by atoms with Crippen molar-refractivity contribution in [1.29, 1.82) is 0 Å². The van der Waals surface area contributed by atoms with E-state index in [0.29, 0.717) is 30.4 Å². The number of benzene rings is 2. The van der Waals surface area contributed by atoms with Crippen LogP contribution in [0.1, 0.15) is 29.9 Å². The maximum absolute atomic E-state index is 13.0. The van der Waals surface area contributed by atoms with Gasteiger partial charge in [0.1, 0.15) is 10.6 Å². The van der Waals surface area contributed by atoms with Crippen molar-refractivity contribution in [2.75, 3.05) is 33.8 Å². The molecule has 0 atom stereocenters. The molecule has 5 rings (SSSR count). The van der Waals surface area contributed by atoms with E-state index in [1.807, 2.05) is 17.0 Å². The Bertz CT molecular complexity index is 1350. The molecule has 0 spiro atoms. The molecule has 1 saturated heterocycles. The summed E-state index contributed by atoms with van der Waals surface area (Å²) in [5.41, 5.74) is 2.88. The van der Waals surface area contributed by atoms with Crippen LogP contribution in [0, 0.1) is 0 Å². The number of likely N-dealkylation sites (N-methyl/N-ethyl adjacent to an activating group) is 1. The van der Waals surface area contributed by atoms with Gasteiger partial charge in [0.05, 0.1) is 13.7 Å².